The second-order valence-corrected chi connectivity index (χ2v) is 5.13. The number of thiophene rings is 1. The number of hydrogen-bond donors (Lipinski definition) is 2. The molecule has 0 spiro atoms. The van der Waals surface area contributed by atoms with E-state index in [1.807, 2.05) is 11.3 Å². The fourth-order valence-electron chi connectivity index (χ4n) is 1.63. The van der Waals surface area contributed by atoms with Crippen LogP contribution in [0.25, 0.3) is 0 Å². The zero-order valence-corrected chi connectivity index (χ0v) is 9.95. The minimum atomic E-state index is 0.160. The quantitative estimate of drug-likeness (QED) is 0.732. The Morgan fingerprint density at radius 1 is 1.50 bits per heavy atom. The van der Waals surface area contributed by atoms with E-state index >= 15 is 0 Å². The second kappa shape index (κ2) is 4.91. The molecule has 0 atom stereocenters. The molecule has 0 aliphatic heterocycles. The molecule has 3 heteroatoms. The summed E-state index contributed by atoms with van der Waals surface area (Å²) in [6, 6.07) is 2.16. The molecule has 2 N–H and O–H groups in total. The Morgan fingerprint density at radius 2 is 2.21 bits per heavy atom. The largest absolute Gasteiger partial charge is 0.395 e. The lowest BCUT2D eigenvalue weighted by Crippen LogP contribution is -2.34. The molecule has 0 bridgehead atoms. The molecular formula is C11H19NOS. The zero-order chi connectivity index (χ0) is 10.6. The maximum absolute atomic E-state index is 8.69. The van der Waals surface area contributed by atoms with Gasteiger partial charge in [0.2, 0.25) is 0 Å². The standard InChI is InChI=1S/C11H19NOS/c1-9-4-7-14-10(9)11(2,3)8-12-5-6-13/h4,7,12-13H,5-6,8H2,1-3H3. The normalized spacial score (nSPS) is 12.0. The van der Waals surface area contributed by atoms with Crippen molar-refractivity contribution in [2.45, 2.75) is 26.2 Å². The third-order valence-electron chi connectivity index (χ3n) is 2.33. The lowest BCUT2D eigenvalue weighted by Gasteiger charge is -2.24. The Morgan fingerprint density at radius 3 is 2.71 bits per heavy atom. The topological polar surface area (TPSA) is 32.3 Å². The SMILES string of the molecule is Cc1ccsc1C(C)(C)CNCCO. The summed E-state index contributed by atoms with van der Waals surface area (Å²) in [4.78, 5) is 1.43. The van der Waals surface area contributed by atoms with Crippen LogP contribution in [0.5, 0.6) is 0 Å². The Kier molecular flexibility index (Phi) is 4.11. The average molecular weight is 213 g/mol. The molecule has 0 aromatic carbocycles. The smallest absolute Gasteiger partial charge is 0.0555 e. The van der Waals surface area contributed by atoms with E-state index in [-0.39, 0.29) is 12.0 Å². The van der Waals surface area contributed by atoms with Crippen LogP contribution in [0.4, 0.5) is 0 Å². The first kappa shape index (κ1) is 11.7. The maximum Gasteiger partial charge on any atom is 0.0555 e. The van der Waals surface area contributed by atoms with Crippen LogP contribution < -0.4 is 5.32 Å². The summed E-state index contributed by atoms with van der Waals surface area (Å²) in [7, 11) is 0. The molecule has 0 aliphatic carbocycles. The van der Waals surface area contributed by atoms with Crippen LogP contribution in [0.1, 0.15) is 24.3 Å². The highest BCUT2D eigenvalue weighted by Gasteiger charge is 2.22. The van der Waals surface area contributed by atoms with E-state index in [9.17, 15) is 0 Å². The monoisotopic (exact) mass is 213 g/mol. The van der Waals surface area contributed by atoms with Crippen molar-refractivity contribution in [2.75, 3.05) is 19.7 Å². The van der Waals surface area contributed by atoms with Crippen molar-refractivity contribution in [1.29, 1.82) is 0 Å². The summed E-state index contributed by atoms with van der Waals surface area (Å²) < 4.78 is 0. The summed E-state index contributed by atoms with van der Waals surface area (Å²) in [5, 5.41) is 14.1. The predicted octanol–water partition coefficient (Wildman–Crippen LogP) is 1.92. The molecule has 0 unspecified atom stereocenters. The van der Waals surface area contributed by atoms with Gasteiger partial charge in [0.25, 0.3) is 0 Å². The second-order valence-electron chi connectivity index (χ2n) is 4.22. The van der Waals surface area contributed by atoms with Gasteiger partial charge in [0.15, 0.2) is 0 Å². The number of aliphatic hydroxyl groups is 1. The molecule has 1 aromatic rings. The first-order valence-corrected chi connectivity index (χ1v) is 5.82. The van der Waals surface area contributed by atoms with Gasteiger partial charge in [0.05, 0.1) is 6.61 Å². The molecule has 14 heavy (non-hydrogen) atoms. The number of aliphatic hydroxyl groups excluding tert-OH is 1. The van der Waals surface area contributed by atoms with Crippen molar-refractivity contribution in [1.82, 2.24) is 5.32 Å². The summed E-state index contributed by atoms with van der Waals surface area (Å²) >= 11 is 1.81. The highest BCUT2D eigenvalue weighted by molar-refractivity contribution is 7.10. The molecule has 0 amide bonds. The van der Waals surface area contributed by atoms with Crippen molar-refractivity contribution in [3.63, 3.8) is 0 Å². The number of aryl methyl sites for hydroxylation is 1. The van der Waals surface area contributed by atoms with Crippen LogP contribution in [0, 0.1) is 6.92 Å². The number of hydrogen-bond acceptors (Lipinski definition) is 3. The van der Waals surface area contributed by atoms with Crippen molar-refractivity contribution in [3.05, 3.63) is 21.9 Å². The van der Waals surface area contributed by atoms with Gasteiger partial charge in [-0.05, 0) is 23.9 Å². The van der Waals surface area contributed by atoms with Crippen molar-refractivity contribution in [2.24, 2.45) is 0 Å². The molecule has 0 saturated heterocycles. The van der Waals surface area contributed by atoms with Gasteiger partial charge in [0.1, 0.15) is 0 Å². The first-order chi connectivity index (χ1) is 6.58. The lowest BCUT2D eigenvalue weighted by atomic mass is 9.89. The molecular weight excluding hydrogens is 194 g/mol. The van der Waals surface area contributed by atoms with Gasteiger partial charge in [-0.1, -0.05) is 13.8 Å². The fraction of sp³-hybridized carbons (Fsp3) is 0.636. The van der Waals surface area contributed by atoms with Crippen LogP contribution in [0.3, 0.4) is 0 Å². The Balaban J connectivity index is 2.61. The Bertz CT molecular complexity index is 281. The van der Waals surface area contributed by atoms with Crippen LogP contribution in [0.2, 0.25) is 0 Å². The lowest BCUT2D eigenvalue weighted by molar-refractivity contribution is 0.287. The fourth-order valence-corrected chi connectivity index (χ4v) is 2.68. The molecule has 80 valence electrons. The molecule has 1 aromatic heterocycles. The van der Waals surface area contributed by atoms with Gasteiger partial charge in [-0.2, -0.15) is 0 Å². The van der Waals surface area contributed by atoms with Gasteiger partial charge in [-0.15, -0.1) is 11.3 Å². The van der Waals surface area contributed by atoms with E-state index in [1.165, 1.54) is 10.4 Å². The molecule has 2 nitrogen and oxygen atoms in total. The molecule has 0 fully saturated rings. The van der Waals surface area contributed by atoms with Crippen LogP contribution in [-0.4, -0.2) is 24.8 Å². The van der Waals surface area contributed by atoms with Crippen LogP contribution in [-0.2, 0) is 5.41 Å². The van der Waals surface area contributed by atoms with Crippen molar-refractivity contribution >= 4 is 11.3 Å². The van der Waals surface area contributed by atoms with E-state index in [2.05, 4.69) is 37.5 Å². The third-order valence-corrected chi connectivity index (χ3v) is 3.71. The van der Waals surface area contributed by atoms with Crippen molar-refractivity contribution in [3.8, 4) is 0 Å². The minimum absolute atomic E-state index is 0.160. The van der Waals surface area contributed by atoms with Crippen LogP contribution in [0.15, 0.2) is 11.4 Å². The minimum Gasteiger partial charge on any atom is -0.395 e. The van der Waals surface area contributed by atoms with E-state index in [0.29, 0.717) is 6.54 Å². The van der Waals surface area contributed by atoms with Gasteiger partial charge in [0, 0.05) is 23.4 Å². The molecule has 0 saturated carbocycles. The number of nitrogens with one attached hydrogen (secondary N) is 1. The zero-order valence-electron chi connectivity index (χ0n) is 9.13. The Hall–Kier alpha value is -0.380. The van der Waals surface area contributed by atoms with Crippen molar-refractivity contribution < 1.29 is 5.11 Å². The Labute approximate surface area is 90.0 Å². The molecule has 0 radical (unpaired) electrons. The van der Waals surface area contributed by atoms with Crippen LogP contribution >= 0.6 is 11.3 Å². The average Bonchev–Trinajstić information content (AvgIpc) is 2.52. The number of rotatable bonds is 5. The highest BCUT2D eigenvalue weighted by atomic mass is 32.1. The summed E-state index contributed by atoms with van der Waals surface area (Å²) in [6.45, 7) is 8.41. The maximum atomic E-state index is 8.69. The summed E-state index contributed by atoms with van der Waals surface area (Å²) in [5.74, 6) is 0. The molecule has 0 aliphatic rings. The van der Waals surface area contributed by atoms with Gasteiger partial charge >= 0.3 is 0 Å². The van der Waals surface area contributed by atoms with E-state index in [1.54, 1.807) is 0 Å². The highest BCUT2D eigenvalue weighted by Crippen LogP contribution is 2.30. The van der Waals surface area contributed by atoms with E-state index in [0.717, 1.165) is 6.54 Å². The predicted molar refractivity (Wildman–Crippen MR) is 62.0 cm³/mol. The van der Waals surface area contributed by atoms with E-state index in [4.69, 9.17) is 5.11 Å². The summed E-state index contributed by atoms with van der Waals surface area (Å²) in [6.07, 6.45) is 0. The molecule has 1 heterocycles. The molecule has 1 rings (SSSR count). The first-order valence-electron chi connectivity index (χ1n) is 4.94. The van der Waals surface area contributed by atoms with Gasteiger partial charge in [-0.25, -0.2) is 0 Å². The summed E-state index contributed by atoms with van der Waals surface area (Å²) in [5.41, 5.74) is 1.53. The van der Waals surface area contributed by atoms with E-state index < -0.39 is 0 Å². The van der Waals surface area contributed by atoms with Gasteiger partial charge < -0.3 is 10.4 Å². The third kappa shape index (κ3) is 2.80. The van der Waals surface area contributed by atoms with Gasteiger partial charge in [-0.3, -0.25) is 0 Å².